The summed E-state index contributed by atoms with van der Waals surface area (Å²) in [6.07, 6.45) is 1.96. The lowest BCUT2D eigenvalue weighted by molar-refractivity contribution is 0.0402. The second-order valence-electron chi connectivity index (χ2n) is 16.5. The van der Waals surface area contributed by atoms with Crippen LogP contribution in [0, 0.1) is 11.3 Å². The van der Waals surface area contributed by atoms with Gasteiger partial charge in [0, 0.05) is 12.1 Å². The molecule has 0 bridgehead atoms. The Hall–Kier alpha value is -6.96. The highest BCUT2D eigenvalue weighted by Gasteiger charge is 2.28. The second-order valence-corrected chi connectivity index (χ2v) is 16.5. The number of hydrogen-bond acceptors (Lipinski definition) is 8. The number of hydrogen-bond donors (Lipinski definition) is 8. The molecule has 8 N–H and O–H groups in total. The molecule has 0 heterocycles. The van der Waals surface area contributed by atoms with Crippen LogP contribution >= 0.6 is 0 Å². The van der Waals surface area contributed by atoms with Gasteiger partial charge in [0.25, 0.3) is 0 Å². The molecule has 0 amide bonds. The van der Waals surface area contributed by atoms with Gasteiger partial charge in [-0.3, -0.25) is 0 Å². The number of aliphatic hydroxyl groups is 2. The maximum Gasteiger partial charge on any atom is 0.335 e. The minimum atomic E-state index is -0.879. The first-order valence-corrected chi connectivity index (χ1v) is 22.3. The second kappa shape index (κ2) is 33.5. The minimum absolute atomic E-state index is 0.168. The molecular formula is C56H70N2O10. The molecule has 5 atom stereocenters. The van der Waals surface area contributed by atoms with E-state index < -0.39 is 30.0 Å². The minimum Gasteiger partial charge on any atom is -0.478 e. The van der Waals surface area contributed by atoms with E-state index in [2.05, 4.69) is 57.4 Å². The van der Waals surface area contributed by atoms with Crippen molar-refractivity contribution in [1.29, 1.82) is 0 Å². The SMILES string of the molecule is CCC(CC(O)C(C)C(C)(C)C)NC.CNC(CC(O)c1ccccc1)c1ccccc1.O=C(O)c1ccccc1.O=C(O)c1ccccc1.O=C(O)c1ccccc1.O=C(O)c1ccccc1. The molecule has 0 saturated heterocycles. The number of carboxylic acid groups (broad SMARTS) is 4. The van der Waals surface area contributed by atoms with E-state index >= 15 is 0 Å². The summed E-state index contributed by atoms with van der Waals surface area (Å²) in [4.78, 5) is 40.8. The van der Waals surface area contributed by atoms with Crippen LogP contribution in [0.4, 0.5) is 0 Å². The lowest BCUT2D eigenvalue weighted by atomic mass is 9.77. The molecule has 0 spiro atoms. The molecule has 0 aliphatic carbocycles. The molecule has 12 heteroatoms. The summed E-state index contributed by atoms with van der Waals surface area (Å²) in [6.45, 7) is 10.8. The van der Waals surface area contributed by atoms with Gasteiger partial charge < -0.3 is 41.3 Å². The van der Waals surface area contributed by atoms with Gasteiger partial charge in [-0.15, -0.1) is 0 Å². The molecule has 0 aromatic heterocycles. The summed E-state index contributed by atoms with van der Waals surface area (Å²) in [7, 11) is 3.89. The van der Waals surface area contributed by atoms with E-state index in [-0.39, 0.29) is 17.6 Å². The van der Waals surface area contributed by atoms with Crippen LogP contribution in [0.5, 0.6) is 0 Å². The predicted molar refractivity (Wildman–Crippen MR) is 270 cm³/mol. The predicted octanol–water partition coefficient (Wildman–Crippen LogP) is 11.0. The first-order chi connectivity index (χ1) is 32.4. The van der Waals surface area contributed by atoms with E-state index in [1.165, 1.54) is 5.56 Å². The number of carbonyl (C=O) groups is 4. The number of aliphatic hydroxyl groups excluding tert-OH is 2. The molecule has 0 aliphatic rings. The van der Waals surface area contributed by atoms with Crippen LogP contribution in [0.2, 0.25) is 0 Å². The maximum absolute atomic E-state index is 10.2. The molecule has 5 unspecified atom stereocenters. The van der Waals surface area contributed by atoms with Gasteiger partial charge in [-0.25, -0.2) is 19.2 Å². The quantitative estimate of drug-likeness (QED) is 0.0512. The molecule has 364 valence electrons. The van der Waals surface area contributed by atoms with Crippen LogP contribution in [0.1, 0.15) is 119 Å². The van der Waals surface area contributed by atoms with Crippen molar-refractivity contribution in [3.05, 3.63) is 215 Å². The fourth-order valence-corrected chi connectivity index (χ4v) is 6.02. The van der Waals surface area contributed by atoms with Gasteiger partial charge in [-0.2, -0.15) is 0 Å². The van der Waals surface area contributed by atoms with E-state index in [1.807, 2.05) is 62.6 Å². The molecule has 68 heavy (non-hydrogen) atoms. The topological polar surface area (TPSA) is 214 Å². The Kier molecular flexibility index (Phi) is 29.1. The Labute approximate surface area is 402 Å². The van der Waals surface area contributed by atoms with Crippen LogP contribution in [-0.4, -0.2) is 80.8 Å². The third kappa shape index (κ3) is 25.1. The number of benzene rings is 6. The highest BCUT2D eigenvalue weighted by atomic mass is 16.4. The van der Waals surface area contributed by atoms with Crippen molar-refractivity contribution in [2.45, 2.75) is 78.2 Å². The average Bonchev–Trinajstić information content (AvgIpc) is 3.36. The Morgan fingerprint density at radius 3 is 0.956 bits per heavy atom. The number of nitrogens with one attached hydrogen (secondary N) is 2. The third-order valence-electron chi connectivity index (χ3n) is 10.6. The largest absolute Gasteiger partial charge is 0.478 e. The smallest absolute Gasteiger partial charge is 0.335 e. The van der Waals surface area contributed by atoms with E-state index in [0.29, 0.717) is 40.6 Å². The summed E-state index contributed by atoms with van der Waals surface area (Å²) in [5.41, 5.74) is 3.68. The zero-order chi connectivity index (χ0) is 50.9. The van der Waals surface area contributed by atoms with Crippen molar-refractivity contribution in [2.24, 2.45) is 11.3 Å². The standard InChI is InChI=1S/C16H19NO.C12H27NO.4C7H6O2/c1-17-15(13-8-4-2-5-9-13)12-16(18)14-10-6-3-7-11-14;1-7-10(13-6)8-11(14)9(2)12(3,4)5;4*8-7(9)6-4-2-1-3-5-6/h2-11,15-18H,12H2,1H3;9-11,13-14H,7-8H2,1-6H3;4*1-5H,(H,8,9). The fraction of sp³-hybridized carbons (Fsp3) is 0.286. The Balaban J connectivity index is 0.000000419. The Bertz CT molecular complexity index is 2040. The maximum atomic E-state index is 10.2. The van der Waals surface area contributed by atoms with E-state index in [9.17, 15) is 29.4 Å². The summed E-state index contributed by atoms with van der Waals surface area (Å²) < 4.78 is 0. The zero-order valence-electron chi connectivity index (χ0n) is 40.1. The van der Waals surface area contributed by atoms with Crippen molar-refractivity contribution in [3.8, 4) is 0 Å². The normalized spacial score (nSPS) is 12.4. The van der Waals surface area contributed by atoms with Crippen molar-refractivity contribution < 1.29 is 49.8 Å². The summed E-state index contributed by atoms with van der Waals surface area (Å²) in [6, 6.07) is 53.8. The van der Waals surface area contributed by atoms with Crippen molar-refractivity contribution in [1.82, 2.24) is 10.6 Å². The van der Waals surface area contributed by atoms with Crippen molar-refractivity contribution >= 4 is 23.9 Å². The van der Waals surface area contributed by atoms with E-state index in [0.717, 1.165) is 18.4 Å². The van der Waals surface area contributed by atoms with Gasteiger partial charge in [0.1, 0.15) is 0 Å². The van der Waals surface area contributed by atoms with Crippen LogP contribution in [-0.2, 0) is 0 Å². The lowest BCUT2D eigenvalue weighted by Gasteiger charge is -2.33. The van der Waals surface area contributed by atoms with Crippen molar-refractivity contribution in [2.75, 3.05) is 14.1 Å². The average molecular weight is 931 g/mol. The first-order valence-electron chi connectivity index (χ1n) is 22.3. The van der Waals surface area contributed by atoms with Gasteiger partial charge in [-0.05, 0) is 104 Å². The summed E-state index contributed by atoms with van der Waals surface area (Å²) in [5.74, 6) is -3.18. The zero-order valence-corrected chi connectivity index (χ0v) is 40.1. The summed E-state index contributed by atoms with van der Waals surface area (Å²) >= 11 is 0. The van der Waals surface area contributed by atoms with Gasteiger partial charge in [0.15, 0.2) is 0 Å². The molecule has 12 nitrogen and oxygen atoms in total. The molecule has 0 saturated carbocycles. The van der Waals surface area contributed by atoms with Crippen LogP contribution in [0.15, 0.2) is 182 Å². The third-order valence-corrected chi connectivity index (χ3v) is 10.6. The van der Waals surface area contributed by atoms with Crippen molar-refractivity contribution in [3.63, 3.8) is 0 Å². The Morgan fingerprint density at radius 1 is 0.456 bits per heavy atom. The number of rotatable bonds is 14. The highest BCUT2D eigenvalue weighted by Crippen LogP contribution is 2.30. The van der Waals surface area contributed by atoms with Crippen LogP contribution < -0.4 is 10.6 Å². The van der Waals surface area contributed by atoms with Gasteiger partial charge in [-0.1, -0.05) is 168 Å². The molecule has 6 rings (SSSR count). The van der Waals surface area contributed by atoms with Crippen LogP contribution in [0.3, 0.4) is 0 Å². The monoisotopic (exact) mass is 931 g/mol. The molecule has 0 fully saturated rings. The van der Waals surface area contributed by atoms with E-state index in [4.69, 9.17) is 20.4 Å². The Morgan fingerprint density at radius 2 is 0.735 bits per heavy atom. The van der Waals surface area contributed by atoms with Crippen LogP contribution in [0.25, 0.3) is 0 Å². The molecule has 0 aliphatic heterocycles. The summed E-state index contributed by atoms with van der Waals surface area (Å²) in [5, 5.41) is 60.3. The molecule has 6 aromatic rings. The molecular weight excluding hydrogens is 861 g/mol. The van der Waals surface area contributed by atoms with Gasteiger partial charge in [0.2, 0.25) is 0 Å². The highest BCUT2D eigenvalue weighted by molar-refractivity contribution is 5.88. The van der Waals surface area contributed by atoms with Gasteiger partial charge >= 0.3 is 23.9 Å². The van der Waals surface area contributed by atoms with E-state index in [1.54, 1.807) is 121 Å². The first kappa shape index (κ1) is 59.1. The fourth-order valence-electron chi connectivity index (χ4n) is 6.02. The number of carboxylic acids is 4. The number of aromatic carboxylic acids is 4. The lowest BCUT2D eigenvalue weighted by Crippen LogP contribution is -2.36. The molecule has 0 radical (unpaired) electrons. The van der Waals surface area contributed by atoms with Gasteiger partial charge in [0.05, 0.1) is 34.5 Å². The molecule has 6 aromatic carbocycles.